The van der Waals surface area contributed by atoms with Gasteiger partial charge in [0.2, 0.25) is 5.91 Å². The molecule has 0 aromatic heterocycles. The maximum Gasteiger partial charge on any atom is 0.277 e. The van der Waals surface area contributed by atoms with Gasteiger partial charge in [-0.1, -0.05) is 43.0 Å². The summed E-state index contributed by atoms with van der Waals surface area (Å²) in [6, 6.07) is 14.2. The molecule has 0 atom stereocenters. The van der Waals surface area contributed by atoms with Crippen molar-refractivity contribution in [2.75, 3.05) is 11.9 Å². The second kappa shape index (κ2) is 10.8. The molecule has 30 heavy (non-hydrogen) atoms. The Morgan fingerprint density at radius 2 is 1.70 bits per heavy atom. The van der Waals surface area contributed by atoms with E-state index in [9.17, 15) is 9.59 Å². The van der Waals surface area contributed by atoms with E-state index in [1.807, 2.05) is 24.3 Å². The molecular weight excluding hydrogens is 402 g/mol. The van der Waals surface area contributed by atoms with Crippen LogP contribution in [-0.4, -0.2) is 24.1 Å². The summed E-state index contributed by atoms with van der Waals surface area (Å²) in [7, 11) is 0. The first-order valence-corrected chi connectivity index (χ1v) is 10.5. The first kappa shape index (κ1) is 21.8. The normalized spacial score (nSPS) is 14.8. The Morgan fingerprint density at radius 1 is 1.03 bits per heavy atom. The van der Waals surface area contributed by atoms with Gasteiger partial charge in [-0.3, -0.25) is 9.59 Å². The second-order valence-corrected chi connectivity index (χ2v) is 7.81. The third kappa shape index (κ3) is 6.59. The van der Waals surface area contributed by atoms with Gasteiger partial charge in [-0.25, -0.2) is 5.43 Å². The van der Waals surface area contributed by atoms with Crippen molar-refractivity contribution in [2.24, 2.45) is 11.0 Å². The van der Waals surface area contributed by atoms with Gasteiger partial charge in [0, 0.05) is 16.6 Å². The van der Waals surface area contributed by atoms with Crippen LogP contribution in [0.25, 0.3) is 0 Å². The number of hydrogen-bond donors (Lipinski definition) is 2. The minimum atomic E-state index is -0.360. The summed E-state index contributed by atoms with van der Waals surface area (Å²) in [5.41, 5.74) is 4.75. The van der Waals surface area contributed by atoms with Crippen LogP contribution >= 0.6 is 11.6 Å². The van der Waals surface area contributed by atoms with Crippen LogP contribution in [0, 0.1) is 5.92 Å². The molecule has 1 aliphatic rings. The molecule has 2 aromatic carbocycles. The zero-order valence-corrected chi connectivity index (χ0v) is 17.7. The molecule has 3 rings (SSSR count). The zero-order chi connectivity index (χ0) is 21.3. The number of rotatable bonds is 7. The molecule has 0 spiro atoms. The van der Waals surface area contributed by atoms with Crippen molar-refractivity contribution in [3.05, 3.63) is 59.1 Å². The molecule has 0 unspecified atom stereocenters. The highest BCUT2D eigenvalue weighted by molar-refractivity contribution is 6.30. The maximum atomic E-state index is 12.3. The lowest BCUT2D eigenvalue weighted by Crippen LogP contribution is -2.25. The Labute approximate surface area is 181 Å². The number of carbonyl (C=O) groups excluding carboxylic acids is 2. The predicted octanol–water partition coefficient (Wildman–Crippen LogP) is 4.78. The van der Waals surface area contributed by atoms with E-state index in [4.69, 9.17) is 16.3 Å². The summed E-state index contributed by atoms with van der Waals surface area (Å²) in [5, 5.41) is 7.71. The number of hydrazone groups is 1. The van der Waals surface area contributed by atoms with Gasteiger partial charge < -0.3 is 10.1 Å². The molecule has 0 radical (unpaired) electrons. The van der Waals surface area contributed by atoms with Crippen molar-refractivity contribution in [1.29, 1.82) is 0 Å². The predicted molar refractivity (Wildman–Crippen MR) is 119 cm³/mol. The van der Waals surface area contributed by atoms with Gasteiger partial charge in [0.05, 0.1) is 5.71 Å². The molecule has 2 amide bonds. The molecule has 7 heteroatoms. The molecule has 0 bridgehead atoms. The first-order valence-electron chi connectivity index (χ1n) is 10.1. The van der Waals surface area contributed by atoms with Crippen LogP contribution in [0.4, 0.5) is 5.69 Å². The van der Waals surface area contributed by atoms with E-state index in [-0.39, 0.29) is 24.3 Å². The highest BCUT2D eigenvalue weighted by Crippen LogP contribution is 2.25. The molecule has 1 fully saturated rings. The number of anilines is 1. The third-order valence-corrected chi connectivity index (χ3v) is 5.33. The fourth-order valence-corrected chi connectivity index (χ4v) is 3.45. The number of hydrogen-bond acceptors (Lipinski definition) is 4. The summed E-state index contributed by atoms with van der Waals surface area (Å²) >= 11 is 5.81. The lowest BCUT2D eigenvalue weighted by molar-refractivity contribution is -0.123. The molecule has 2 aromatic rings. The molecule has 1 aliphatic carbocycles. The highest BCUT2D eigenvalue weighted by atomic mass is 35.5. The van der Waals surface area contributed by atoms with Crippen LogP contribution in [0.15, 0.2) is 53.6 Å². The van der Waals surface area contributed by atoms with Crippen molar-refractivity contribution >= 4 is 34.8 Å². The van der Waals surface area contributed by atoms with Gasteiger partial charge in [-0.05, 0) is 61.7 Å². The van der Waals surface area contributed by atoms with Crippen LogP contribution in [0.3, 0.4) is 0 Å². The van der Waals surface area contributed by atoms with Crippen LogP contribution in [0.1, 0.15) is 44.6 Å². The lowest BCUT2D eigenvalue weighted by atomic mass is 9.88. The van der Waals surface area contributed by atoms with Crippen LogP contribution in [-0.2, 0) is 9.59 Å². The van der Waals surface area contributed by atoms with E-state index in [0.29, 0.717) is 16.5 Å². The largest absolute Gasteiger partial charge is 0.484 e. The Bertz CT molecular complexity index is 889. The molecule has 0 aliphatic heterocycles. The van der Waals surface area contributed by atoms with Gasteiger partial charge in [0.25, 0.3) is 5.91 Å². The van der Waals surface area contributed by atoms with Crippen LogP contribution < -0.4 is 15.5 Å². The van der Waals surface area contributed by atoms with Gasteiger partial charge in [-0.15, -0.1) is 0 Å². The average molecular weight is 428 g/mol. The van der Waals surface area contributed by atoms with Gasteiger partial charge in [0.1, 0.15) is 5.75 Å². The van der Waals surface area contributed by atoms with Gasteiger partial charge in [-0.2, -0.15) is 5.10 Å². The molecule has 158 valence electrons. The van der Waals surface area contributed by atoms with E-state index < -0.39 is 0 Å². The summed E-state index contributed by atoms with van der Waals surface area (Å²) in [4.78, 5) is 24.3. The summed E-state index contributed by atoms with van der Waals surface area (Å²) < 4.78 is 5.38. The SMILES string of the molecule is CC(=NNC(=O)COc1ccc(Cl)cc1)c1ccc(NC(=O)C2CCCCC2)cc1. The number of amides is 2. The Kier molecular flexibility index (Phi) is 7.85. The van der Waals surface area contributed by atoms with Crippen molar-refractivity contribution in [1.82, 2.24) is 5.43 Å². The molecule has 0 heterocycles. The van der Waals surface area contributed by atoms with Gasteiger partial charge in [0.15, 0.2) is 6.61 Å². The van der Waals surface area contributed by atoms with Gasteiger partial charge >= 0.3 is 0 Å². The fraction of sp³-hybridized carbons (Fsp3) is 0.348. The topological polar surface area (TPSA) is 79.8 Å². The van der Waals surface area contributed by atoms with E-state index in [2.05, 4.69) is 15.8 Å². The standard InChI is InChI=1S/C23H26ClN3O3/c1-16(26-27-22(28)15-30-21-13-9-19(24)10-14-21)17-7-11-20(12-8-17)25-23(29)18-5-3-2-4-6-18/h7-14,18H,2-6,15H2,1H3,(H,25,29)(H,27,28). The number of halogens is 1. The lowest BCUT2D eigenvalue weighted by Gasteiger charge is -2.20. The van der Waals surface area contributed by atoms with E-state index in [1.54, 1.807) is 31.2 Å². The number of carbonyl (C=O) groups is 2. The summed E-state index contributed by atoms with van der Waals surface area (Å²) in [5.74, 6) is 0.412. The van der Waals surface area contributed by atoms with E-state index >= 15 is 0 Å². The summed E-state index contributed by atoms with van der Waals surface area (Å²) in [6.45, 7) is 1.65. The molecule has 0 saturated heterocycles. The van der Waals surface area contributed by atoms with Crippen molar-refractivity contribution in [3.8, 4) is 5.75 Å². The van der Waals surface area contributed by atoms with Crippen molar-refractivity contribution in [2.45, 2.75) is 39.0 Å². The number of nitrogens with zero attached hydrogens (tertiary/aromatic N) is 1. The third-order valence-electron chi connectivity index (χ3n) is 5.08. The average Bonchev–Trinajstić information content (AvgIpc) is 2.78. The molecule has 6 nitrogen and oxygen atoms in total. The molecular formula is C23H26ClN3O3. The fourth-order valence-electron chi connectivity index (χ4n) is 3.33. The number of benzene rings is 2. The Balaban J connectivity index is 1.47. The minimum absolute atomic E-state index is 0.0980. The quantitative estimate of drug-likeness (QED) is 0.493. The van der Waals surface area contributed by atoms with Crippen LogP contribution in [0.2, 0.25) is 5.02 Å². The summed E-state index contributed by atoms with van der Waals surface area (Å²) in [6.07, 6.45) is 5.42. The zero-order valence-electron chi connectivity index (χ0n) is 17.0. The Morgan fingerprint density at radius 3 is 2.37 bits per heavy atom. The van der Waals surface area contributed by atoms with E-state index in [1.165, 1.54) is 6.42 Å². The molecule has 2 N–H and O–H groups in total. The van der Waals surface area contributed by atoms with E-state index in [0.717, 1.165) is 36.9 Å². The number of ether oxygens (including phenoxy) is 1. The second-order valence-electron chi connectivity index (χ2n) is 7.38. The highest BCUT2D eigenvalue weighted by Gasteiger charge is 2.20. The minimum Gasteiger partial charge on any atom is -0.484 e. The smallest absolute Gasteiger partial charge is 0.277 e. The number of nitrogens with one attached hydrogen (secondary N) is 2. The first-order chi connectivity index (χ1) is 14.5. The Hall–Kier alpha value is -2.86. The van der Waals surface area contributed by atoms with Crippen molar-refractivity contribution < 1.29 is 14.3 Å². The van der Waals surface area contributed by atoms with Crippen LogP contribution in [0.5, 0.6) is 5.75 Å². The molecule has 1 saturated carbocycles. The monoisotopic (exact) mass is 427 g/mol. The van der Waals surface area contributed by atoms with Crippen molar-refractivity contribution in [3.63, 3.8) is 0 Å². The maximum absolute atomic E-state index is 12.3.